The van der Waals surface area contributed by atoms with Crippen LogP contribution in [-0.4, -0.2) is 59.0 Å². The van der Waals surface area contributed by atoms with Crippen molar-refractivity contribution in [1.82, 2.24) is 19.9 Å². The number of aromatic amines is 1. The molecule has 0 spiro atoms. The van der Waals surface area contributed by atoms with Crippen LogP contribution in [0.1, 0.15) is 10.5 Å². The Bertz CT molecular complexity index is 720. The summed E-state index contributed by atoms with van der Waals surface area (Å²) in [5.41, 5.74) is 0.354. The molecule has 0 unspecified atom stereocenters. The maximum absolute atomic E-state index is 12.3. The molecule has 1 fully saturated rings. The summed E-state index contributed by atoms with van der Waals surface area (Å²) in [6, 6.07) is 1.77. The zero-order chi connectivity index (χ0) is 15.5. The largest absolute Gasteiger partial charge is 0.481 e. The molecule has 0 aromatic carbocycles. The van der Waals surface area contributed by atoms with Crippen LogP contribution in [0.2, 0.25) is 0 Å². The number of thiazole rings is 1. The highest BCUT2D eigenvalue weighted by atomic mass is 32.1. The van der Waals surface area contributed by atoms with Gasteiger partial charge in [-0.1, -0.05) is 11.3 Å². The van der Waals surface area contributed by atoms with Crippen LogP contribution in [0.25, 0.3) is 0 Å². The molecule has 9 heteroatoms. The van der Waals surface area contributed by atoms with Crippen molar-refractivity contribution >= 4 is 23.1 Å². The zero-order valence-corrected chi connectivity index (χ0v) is 12.8. The number of nitrogens with one attached hydrogen (secondary N) is 1. The number of piperazine rings is 1. The molecule has 8 nitrogen and oxygen atoms in total. The van der Waals surface area contributed by atoms with Crippen LogP contribution < -0.4 is 14.5 Å². The highest BCUT2D eigenvalue weighted by Crippen LogP contribution is 2.17. The Kier molecular flexibility index (Phi) is 4.05. The normalized spacial score (nSPS) is 15.0. The van der Waals surface area contributed by atoms with E-state index in [1.807, 2.05) is 0 Å². The summed E-state index contributed by atoms with van der Waals surface area (Å²) in [7, 11) is 1.56. The first kappa shape index (κ1) is 14.5. The average Bonchev–Trinajstić information content (AvgIpc) is 3.01. The lowest BCUT2D eigenvalue weighted by Gasteiger charge is -2.35. The topological polar surface area (TPSA) is 91.4 Å². The fraction of sp³-hybridized carbons (Fsp3) is 0.385. The van der Waals surface area contributed by atoms with Gasteiger partial charge >= 0.3 is 4.87 Å². The van der Waals surface area contributed by atoms with Gasteiger partial charge in [0.05, 0.1) is 7.11 Å². The van der Waals surface area contributed by atoms with Crippen LogP contribution in [0.3, 0.4) is 0 Å². The van der Waals surface area contributed by atoms with E-state index in [1.165, 1.54) is 6.33 Å². The van der Waals surface area contributed by atoms with Crippen molar-refractivity contribution in [2.45, 2.75) is 0 Å². The van der Waals surface area contributed by atoms with E-state index >= 15 is 0 Å². The van der Waals surface area contributed by atoms with Gasteiger partial charge in [0.1, 0.15) is 17.8 Å². The number of carbonyl (C=O) groups excluding carboxylic acids is 1. The van der Waals surface area contributed by atoms with Crippen LogP contribution >= 0.6 is 11.3 Å². The lowest BCUT2D eigenvalue weighted by Crippen LogP contribution is -2.49. The first-order valence-corrected chi connectivity index (χ1v) is 7.63. The minimum atomic E-state index is -0.213. The molecular formula is C13H15N5O3S. The third kappa shape index (κ3) is 2.93. The lowest BCUT2D eigenvalue weighted by molar-refractivity contribution is 0.0741. The second kappa shape index (κ2) is 6.14. The fourth-order valence-electron chi connectivity index (χ4n) is 2.31. The number of amides is 1. The van der Waals surface area contributed by atoms with Gasteiger partial charge in [-0.25, -0.2) is 9.97 Å². The van der Waals surface area contributed by atoms with Crippen LogP contribution in [0, 0.1) is 0 Å². The van der Waals surface area contributed by atoms with Crippen molar-refractivity contribution in [3.8, 4) is 5.88 Å². The van der Waals surface area contributed by atoms with Gasteiger partial charge in [-0.05, 0) is 0 Å². The number of anilines is 1. The van der Waals surface area contributed by atoms with Crippen molar-refractivity contribution in [1.29, 1.82) is 0 Å². The van der Waals surface area contributed by atoms with Crippen molar-refractivity contribution in [2.24, 2.45) is 0 Å². The molecule has 22 heavy (non-hydrogen) atoms. The van der Waals surface area contributed by atoms with Gasteiger partial charge in [-0.2, -0.15) is 0 Å². The Balaban J connectivity index is 1.64. The molecule has 0 aliphatic carbocycles. The number of rotatable bonds is 3. The molecular weight excluding hydrogens is 306 g/mol. The molecule has 2 aromatic rings. The third-order valence-corrected chi connectivity index (χ3v) is 4.15. The fourth-order valence-corrected chi connectivity index (χ4v) is 2.86. The van der Waals surface area contributed by atoms with Gasteiger partial charge < -0.3 is 19.5 Å². The van der Waals surface area contributed by atoms with Crippen LogP contribution in [0.5, 0.6) is 5.88 Å². The Hall–Kier alpha value is -2.42. The highest BCUT2D eigenvalue weighted by molar-refractivity contribution is 7.07. The molecule has 0 atom stereocenters. The quantitative estimate of drug-likeness (QED) is 0.868. The molecule has 0 saturated carbocycles. The van der Waals surface area contributed by atoms with E-state index in [2.05, 4.69) is 19.9 Å². The zero-order valence-electron chi connectivity index (χ0n) is 12.0. The maximum atomic E-state index is 12.3. The van der Waals surface area contributed by atoms with E-state index in [1.54, 1.807) is 23.5 Å². The number of carbonyl (C=O) groups is 1. The van der Waals surface area contributed by atoms with Gasteiger partial charge in [0.25, 0.3) is 5.91 Å². The predicted octanol–water partition coefficient (Wildman–Crippen LogP) is 0.197. The SMILES string of the molecule is COc1cc(N2CCN(C(=O)c3csc(=O)[nH]3)CC2)ncn1. The van der Waals surface area contributed by atoms with Crippen molar-refractivity contribution < 1.29 is 9.53 Å². The van der Waals surface area contributed by atoms with Crippen LogP contribution in [0.4, 0.5) is 5.82 Å². The first-order chi connectivity index (χ1) is 10.7. The molecule has 1 aliphatic heterocycles. The van der Waals surface area contributed by atoms with Crippen molar-refractivity contribution in [3.63, 3.8) is 0 Å². The highest BCUT2D eigenvalue weighted by Gasteiger charge is 2.24. The second-order valence-corrected chi connectivity index (χ2v) is 5.60. The molecule has 3 heterocycles. The average molecular weight is 321 g/mol. The molecule has 3 rings (SSSR count). The Morgan fingerprint density at radius 3 is 2.73 bits per heavy atom. The van der Waals surface area contributed by atoms with E-state index in [9.17, 15) is 9.59 Å². The third-order valence-electron chi connectivity index (χ3n) is 3.48. The maximum Gasteiger partial charge on any atom is 0.305 e. The molecule has 1 aliphatic rings. The van der Waals surface area contributed by atoms with Crippen molar-refractivity contribution in [2.75, 3.05) is 38.2 Å². The minimum Gasteiger partial charge on any atom is -0.481 e. The molecule has 2 aromatic heterocycles. The molecule has 0 bridgehead atoms. The molecule has 1 amide bonds. The lowest BCUT2D eigenvalue weighted by atomic mass is 10.3. The first-order valence-electron chi connectivity index (χ1n) is 6.75. The van der Waals surface area contributed by atoms with E-state index in [0.29, 0.717) is 37.8 Å². The van der Waals surface area contributed by atoms with Gasteiger partial charge in [0, 0.05) is 37.6 Å². The number of ether oxygens (including phenoxy) is 1. The number of nitrogens with zero attached hydrogens (tertiary/aromatic N) is 4. The molecule has 116 valence electrons. The monoisotopic (exact) mass is 321 g/mol. The van der Waals surface area contributed by atoms with Crippen LogP contribution in [-0.2, 0) is 0 Å². The summed E-state index contributed by atoms with van der Waals surface area (Å²) in [4.78, 5) is 37.7. The van der Waals surface area contributed by atoms with Crippen LogP contribution in [0.15, 0.2) is 22.6 Å². The van der Waals surface area contributed by atoms with Gasteiger partial charge in [0.15, 0.2) is 0 Å². The number of methoxy groups -OCH3 is 1. The standard InChI is InChI=1S/C13H15N5O3S/c1-21-11-6-10(14-8-15-11)17-2-4-18(5-3-17)12(19)9-7-22-13(20)16-9/h6-8H,2-5H2,1H3,(H,16,20). The Morgan fingerprint density at radius 1 is 1.32 bits per heavy atom. The summed E-state index contributed by atoms with van der Waals surface area (Å²) in [6.07, 6.45) is 1.46. The van der Waals surface area contributed by atoms with Crippen molar-refractivity contribution in [3.05, 3.63) is 33.1 Å². The minimum absolute atomic E-state index is 0.140. The second-order valence-electron chi connectivity index (χ2n) is 4.76. The van der Waals surface area contributed by atoms with Gasteiger partial charge in [0.2, 0.25) is 5.88 Å². The summed E-state index contributed by atoms with van der Waals surface area (Å²) in [5.74, 6) is 1.15. The number of aromatic nitrogens is 3. The van der Waals surface area contributed by atoms with E-state index in [0.717, 1.165) is 17.2 Å². The summed E-state index contributed by atoms with van der Waals surface area (Å²) < 4.78 is 5.09. The van der Waals surface area contributed by atoms with E-state index in [4.69, 9.17) is 4.74 Å². The van der Waals surface area contributed by atoms with E-state index in [-0.39, 0.29) is 10.8 Å². The Labute approximate surface area is 130 Å². The summed E-state index contributed by atoms with van der Waals surface area (Å²) >= 11 is 0.998. The molecule has 1 N–H and O–H groups in total. The molecule has 0 radical (unpaired) electrons. The number of H-pyrrole nitrogens is 1. The number of hydrogen-bond donors (Lipinski definition) is 1. The summed E-state index contributed by atoms with van der Waals surface area (Å²) in [6.45, 7) is 2.48. The van der Waals surface area contributed by atoms with Gasteiger partial charge in [-0.15, -0.1) is 0 Å². The van der Waals surface area contributed by atoms with Gasteiger partial charge in [-0.3, -0.25) is 9.59 Å². The van der Waals surface area contributed by atoms with E-state index < -0.39 is 0 Å². The number of hydrogen-bond acceptors (Lipinski definition) is 7. The molecule has 1 saturated heterocycles. The predicted molar refractivity (Wildman–Crippen MR) is 81.6 cm³/mol. The smallest absolute Gasteiger partial charge is 0.305 e. The Morgan fingerprint density at radius 2 is 2.09 bits per heavy atom. The summed E-state index contributed by atoms with van der Waals surface area (Å²) in [5, 5.41) is 1.56.